The summed E-state index contributed by atoms with van der Waals surface area (Å²) >= 11 is 0. The SMILES string of the molecule is Cc1ccc(NC(=O)/C(C#N)=C/c2ccc(-c3ccc(C)cc3[N+](=O)[O-])o2)c([N+](=O)[O-])c1. The summed E-state index contributed by atoms with van der Waals surface area (Å²) < 4.78 is 5.59. The molecule has 1 amide bonds. The lowest BCUT2D eigenvalue weighted by Gasteiger charge is -2.06. The summed E-state index contributed by atoms with van der Waals surface area (Å²) in [5.41, 5.74) is 0.738. The Bertz CT molecular complexity index is 1320. The number of carbonyl (C=O) groups is 1. The van der Waals surface area contributed by atoms with E-state index in [4.69, 9.17) is 4.42 Å². The topological polar surface area (TPSA) is 152 Å². The molecule has 1 N–H and O–H groups in total. The number of aryl methyl sites for hydroxylation is 2. The third kappa shape index (κ3) is 4.68. The van der Waals surface area contributed by atoms with E-state index >= 15 is 0 Å². The van der Waals surface area contributed by atoms with Crippen LogP contribution in [0.15, 0.2) is 58.5 Å². The molecular formula is C22H16N4O6. The highest BCUT2D eigenvalue weighted by molar-refractivity contribution is 6.10. The summed E-state index contributed by atoms with van der Waals surface area (Å²) in [4.78, 5) is 33.9. The zero-order valence-corrected chi connectivity index (χ0v) is 17.0. The predicted octanol–water partition coefficient (Wildman–Crippen LogP) is 4.93. The van der Waals surface area contributed by atoms with Crippen LogP contribution < -0.4 is 5.32 Å². The fourth-order valence-corrected chi connectivity index (χ4v) is 2.96. The van der Waals surface area contributed by atoms with Crippen molar-refractivity contribution in [2.45, 2.75) is 13.8 Å². The number of anilines is 1. The van der Waals surface area contributed by atoms with Crippen LogP contribution in [0, 0.1) is 45.4 Å². The van der Waals surface area contributed by atoms with Crippen LogP contribution in [-0.2, 0) is 4.79 Å². The van der Waals surface area contributed by atoms with Crippen LogP contribution in [-0.4, -0.2) is 15.8 Å². The Morgan fingerprint density at radius 2 is 1.62 bits per heavy atom. The van der Waals surface area contributed by atoms with Gasteiger partial charge in [-0.05, 0) is 49.2 Å². The molecular weight excluding hydrogens is 416 g/mol. The number of nitrogens with one attached hydrogen (secondary N) is 1. The predicted molar refractivity (Wildman–Crippen MR) is 116 cm³/mol. The number of amides is 1. The fraction of sp³-hybridized carbons (Fsp3) is 0.0909. The van der Waals surface area contributed by atoms with Crippen molar-refractivity contribution < 1.29 is 19.1 Å². The fourth-order valence-electron chi connectivity index (χ4n) is 2.96. The molecule has 3 aromatic rings. The Balaban J connectivity index is 1.90. The minimum Gasteiger partial charge on any atom is -0.456 e. The first kappa shape index (κ1) is 21.9. The van der Waals surface area contributed by atoms with Crippen molar-refractivity contribution in [2.24, 2.45) is 0 Å². The number of rotatable bonds is 6. The van der Waals surface area contributed by atoms with E-state index in [0.29, 0.717) is 11.1 Å². The maximum Gasteiger partial charge on any atom is 0.293 e. The number of hydrogen-bond acceptors (Lipinski definition) is 7. The second-order valence-electron chi connectivity index (χ2n) is 6.88. The summed E-state index contributed by atoms with van der Waals surface area (Å²) in [5, 5.41) is 34.3. The van der Waals surface area contributed by atoms with Gasteiger partial charge in [0.1, 0.15) is 28.9 Å². The molecule has 0 spiro atoms. The summed E-state index contributed by atoms with van der Waals surface area (Å²) in [6.07, 6.45) is 1.15. The normalized spacial score (nSPS) is 11.0. The average molecular weight is 432 g/mol. The second-order valence-corrected chi connectivity index (χ2v) is 6.88. The number of hydrogen-bond donors (Lipinski definition) is 1. The Labute approximate surface area is 181 Å². The molecule has 0 unspecified atom stereocenters. The van der Waals surface area contributed by atoms with Crippen molar-refractivity contribution in [1.82, 2.24) is 0 Å². The summed E-state index contributed by atoms with van der Waals surface area (Å²) in [6.45, 7) is 3.40. The van der Waals surface area contributed by atoms with Gasteiger partial charge < -0.3 is 9.73 Å². The quantitative estimate of drug-likeness (QED) is 0.251. The van der Waals surface area contributed by atoms with E-state index in [1.54, 1.807) is 38.1 Å². The van der Waals surface area contributed by atoms with Gasteiger partial charge in [-0.25, -0.2) is 0 Å². The third-order valence-corrected chi connectivity index (χ3v) is 4.49. The Kier molecular flexibility index (Phi) is 6.11. The number of carbonyl (C=O) groups excluding carboxylic acids is 1. The van der Waals surface area contributed by atoms with Crippen molar-refractivity contribution in [2.75, 3.05) is 5.32 Å². The van der Waals surface area contributed by atoms with Gasteiger partial charge in [0.2, 0.25) is 0 Å². The van der Waals surface area contributed by atoms with Gasteiger partial charge in [-0.15, -0.1) is 0 Å². The monoisotopic (exact) mass is 432 g/mol. The summed E-state index contributed by atoms with van der Waals surface area (Å²) in [6, 6.07) is 13.6. The second kappa shape index (κ2) is 8.93. The highest BCUT2D eigenvalue weighted by Crippen LogP contribution is 2.32. The van der Waals surface area contributed by atoms with E-state index in [-0.39, 0.29) is 39.7 Å². The van der Waals surface area contributed by atoms with Crippen molar-refractivity contribution in [3.63, 3.8) is 0 Å². The number of furan rings is 1. The van der Waals surface area contributed by atoms with E-state index in [2.05, 4.69) is 5.32 Å². The third-order valence-electron chi connectivity index (χ3n) is 4.49. The summed E-state index contributed by atoms with van der Waals surface area (Å²) in [7, 11) is 0. The molecule has 32 heavy (non-hydrogen) atoms. The Hall–Kier alpha value is -4.78. The zero-order valence-electron chi connectivity index (χ0n) is 17.0. The largest absolute Gasteiger partial charge is 0.456 e. The number of benzene rings is 2. The molecule has 1 aromatic heterocycles. The van der Waals surface area contributed by atoms with E-state index in [1.807, 2.05) is 0 Å². The first-order chi connectivity index (χ1) is 15.2. The van der Waals surface area contributed by atoms with Gasteiger partial charge in [-0.1, -0.05) is 12.1 Å². The van der Waals surface area contributed by atoms with Crippen LogP contribution in [0.5, 0.6) is 0 Å². The average Bonchev–Trinajstić information content (AvgIpc) is 3.21. The molecule has 10 heteroatoms. The van der Waals surface area contributed by atoms with Gasteiger partial charge in [-0.3, -0.25) is 25.0 Å². The van der Waals surface area contributed by atoms with Crippen molar-refractivity contribution in [1.29, 1.82) is 5.26 Å². The molecule has 0 radical (unpaired) electrons. The van der Waals surface area contributed by atoms with Crippen molar-refractivity contribution in [3.05, 3.63) is 91.2 Å². The van der Waals surface area contributed by atoms with E-state index in [9.17, 15) is 30.3 Å². The molecule has 0 saturated carbocycles. The van der Waals surface area contributed by atoms with Crippen molar-refractivity contribution >= 4 is 29.0 Å². The minimum absolute atomic E-state index is 0.0536. The molecule has 3 rings (SSSR count). The molecule has 10 nitrogen and oxygen atoms in total. The molecule has 160 valence electrons. The van der Waals surface area contributed by atoms with Gasteiger partial charge in [0.15, 0.2) is 0 Å². The number of nitriles is 1. The van der Waals surface area contributed by atoms with Crippen LogP contribution in [0.3, 0.4) is 0 Å². The Morgan fingerprint density at radius 1 is 1.00 bits per heavy atom. The van der Waals surface area contributed by atoms with Crippen LogP contribution >= 0.6 is 0 Å². The lowest BCUT2D eigenvalue weighted by Crippen LogP contribution is -2.14. The molecule has 0 saturated heterocycles. The lowest BCUT2D eigenvalue weighted by molar-refractivity contribution is -0.384. The molecule has 0 bridgehead atoms. The molecule has 0 aliphatic carbocycles. The maximum atomic E-state index is 12.5. The number of nitro groups is 2. The van der Waals surface area contributed by atoms with Crippen LogP contribution in [0.25, 0.3) is 17.4 Å². The maximum absolute atomic E-state index is 12.5. The van der Waals surface area contributed by atoms with Crippen LogP contribution in [0.1, 0.15) is 16.9 Å². The first-order valence-corrected chi connectivity index (χ1v) is 9.23. The highest BCUT2D eigenvalue weighted by atomic mass is 16.6. The number of nitro benzene ring substituents is 2. The number of nitrogens with zero attached hydrogens (tertiary/aromatic N) is 3. The Morgan fingerprint density at radius 3 is 2.25 bits per heavy atom. The van der Waals surface area contributed by atoms with E-state index in [1.165, 1.54) is 30.3 Å². The van der Waals surface area contributed by atoms with Gasteiger partial charge in [0, 0.05) is 18.2 Å². The highest BCUT2D eigenvalue weighted by Gasteiger charge is 2.20. The van der Waals surface area contributed by atoms with Crippen LogP contribution in [0.4, 0.5) is 17.1 Å². The van der Waals surface area contributed by atoms with E-state index in [0.717, 1.165) is 6.08 Å². The van der Waals surface area contributed by atoms with Gasteiger partial charge in [0.25, 0.3) is 17.3 Å². The van der Waals surface area contributed by atoms with Gasteiger partial charge in [-0.2, -0.15) is 5.26 Å². The zero-order chi connectivity index (χ0) is 23.4. The molecule has 0 atom stereocenters. The van der Waals surface area contributed by atoms with Crippen LogP contribution in [0.2, 0.25) is 0 Å². The van der Waals surface area contributed by atoms with Gasteiger partial charge >= 0.3 is 0 Å². The molecule has 2 aromatic carbocycles. The molecule has 0 fully saturated rings. The molecule has 1 heterocycles. The first-order valence-electron chi connectivity index (χ1n) is 9.23. The van der Waals surface area contributed by atoms with Crippen molar-refractivity contribution in [3.8, 4) is 17.4 Å². The molecule has 0 aliphatic rings. The van der Waals surface area contributed by atoms with E-state index < -0.39 is 15.8 Å². The lowest BCUT2D eigenvalue weighted by atomic mass is 10.1. The minimum atomic E-state index is -0.862. The molecule has 0 aliphatic heterocycles. The standard InChI is InChI=1S/C22H16N4O6/c1-13-3-6-17(19(9-13)25(28)29)21-8-5-16(32-21)11-15(12-23)22(27)24-18-7-4-14(2)10-20(18)26(30)31/h3-11H,1-2H3,(H,24,27)/b15-11+. The van der Waals surface area contributed by atoms with Gasteiger partial charge in [0.05, 0.1) is 15.4 Å². The summed E-state index contributed by atoms with van der Waals surface area (Å²) in [5.74, 6) is -0.562. The smallest absolute Gasteiger partial charge is 0.293 e.